The molecule has 2 aromatic carbocycles. The zero-order chi connectivity index (χ0) is 22.4. The Hall–Kier alpha value is -2.58. The number of benzene rings is 2. The Morgan fingerprint density at radius 2 is 2.06 bits per heavy atom. The standard InChI is InChI=1S/C23H23BrN2O4S/c1-3-5-11-30-19-10-9-15(12-18(19)24)13-20-21(27)26(4-2)23(31-20)25-17-8-6-7-16(14-17)22(28)29/h6-10,12-14H,3-5,11H2,1-2H3,(H,28,29)/b20-13+,25-23?. The maximum Gasteiger partial charge on any atom is 0.335 e. The van der Waals surface area contributed by atoms with Gasteiger partial charge in [-0.2, -0.15) is 0 Å². The Morgan fingerprint density at radius 3 is 2.74 bits per heavy atom. The molecule has 8 heteroatoms. The Bertz CT molecular complexity index is 1050. The van der Waals surface area contributed by atoms with E-state index in [0.29, 0.717) is 28.9 Å². The minimum Gasteiger partial charge on any atom is -0.492 e. The number of carbonyl (C=O) groups excluding carboxylic acids is 1. The van der Waals surface area contributed by atoms with E-state index < -0.39 is 5.97 Å². The highest BCUT2D eigenvalue weighted by molar-refractivity contribution is 9.10. The number of ether oxygens (including phenoxy) is 1. The van der Waals surface area contributed by atoms with Crippen molar-refractivity contribution >= 4 is 56.5 Å². The van der Waals surface area contributed by atoms with E-state index in [9.17, 15) is 14.7 Å². The van der Waals surface area contributed by atoms with Crippen molar-refractivity contribution < 1.29 is 19.4 Å². The van der Waals surface area contributed by atoms with Crippen LogP contribution < -0.4 is 4.74 Å². The highest BCUT2D eigenvalue weighted by atomic mass is 79.9. The average Bonchev–Trinajstić information content (AvgIpc) is 3.03. The number of halogens is 1. The van der Waals surface area contributed by atoms with Gasteiger partial charge in [-0.15, -0.1) is 0 Å². The zero-order valence-electron chi connectivity index (χ0n) is 17.3. The van der Waals surface area contributed by atoms with Gasteiger partial charge in [0.15, 0.2) is 5.17 Å². The number of hydrogen-bond acceptors (Lipinski definition) is 5. The Morgan fingerprint density at radius 1 is 1.26 bits per heavy atom. The first-order chi connectivity index (χ1) is 14.9. The molecule has 2 aromatic rings. The second-order valence-electron chi connectivity index (χ2n) is 6.80. The molecule has 1 fully saturated rings. The molecule has 0 radical (unpaired) electrons. The first-order valence-electron chi connectivity index (χ1n) is 9.98. The molecule has 0 bridgehead atoms. The van der Waals surface area contributed by atoms with Crippen LogP contribution >= 0.6 is 27.7 Å². The second kappa shape index (κ2) is 10.6. The van der Waals surface area contributed by atoms with Crippen LogP contribution in [0.5, 0.6) is 5.75 Å². The smallest absolute Gasteiger partial charge is 0.335 e. The fourth-order valence-corrected chi connectivity index (χ4v) is 4.46. The van der Waals surface area contributed by atoms with Gasteiger partial charge in [0.2, 0.25) is 0 Å². The molecule has 1 amide bonds. The minimum absolute atomic E-state index is 0.125. The number of hydrogen-bond donors (Lipinski definition) is 1. The summed E-state index contributed by atoms with van der Waals surface area (Å²) in [7, 11) is 0. The number of carbonyl (C=O) groups is 2. The number of thioether (sulfide) groups is 1. The van der Waals surface area contributed by atoms with Crippen molar-refractivity contribution in [3.63, 3.8) is 0 Å². The van der Waals surface area contributed by atoms with Crippen LogP contribution in [0.1, 0.15) is 42.6 Å². The third-order valence-corrected chi connectivity index (χ3v) is 6.16. The van der Waals surface area contributed by atoms with Crippen LogP contribution in [0.15, 0.2) is 56.8 Å². The minimum atomic E-state index is -1.02. The molecule has 0 aromatic heterocycles. The molecule has 31 heavy (non-hydrogen) atoms. The SMILES string of the molecule is CCCCOc1ccc(/C=C2/SC(=Nc3cccc(C(=O)O)c3)N(CC)C2=O)cc1Br. The lowest BCUT2D eigenvalue weighted by Gasteiger charge is -2.12. The van der Waals surface area contributed by atoms with Crippen LogP contribution in [0.3, 0.4) is 0 Å². The third kappa shape index (κ3) is 5.77. The predicted molar refractivity (Wildman–Crippen MR) is 128 cm³/mol. The molecular formula is C23H23BrN2O4S. The Labute approximate surface area is 194 Å². The number of unbranched alkanes of at least 4 members (excludes halogenated alkanes) is 1. The molecule has 0 aliphatic carbocycles. The summed E-state index contributed by atoms with van der Waals surface area (Å²) in [5.41, 5.74) is 1.52. The van der Waals surface area contributed by atoms with E-state index in [1.54, 1.807) is 17.0 Å². The maximum absolute atomic E-state index is 12.9. The summed E-state index contributed by atoms with van der Waals surface area (Å²) in [5.74, 6) is -0.366. The van der Waals surface area contributed by atoms with Crippen LogP contribution in [0.25, 0.3) is 6.08 Å². The van der Waals surface area contributed by atoms with Crippen LogP contribution in [0.4, 0.5) is 5.69 Å². The normalized spacial score (nSPS) is 16.4. The average molecular weight is 503 g/mol. The van der Waals surface area contributed by atoms with Crippen molar-refractivity contribution in [2.24, 2.45) is 4.99 Å². The maximum atomic E-state index is 12.9. The van der Waals surface area contributed by atoms with E-state index in [1.807, 2.05) is 31.2 Å². The number of nitrogens with zero attached hydrogens (tertiary/aromatic N) is 2. The second-order valence-corrected chi connectivity index (χ2v) is 8.67. The van der Waals surface area contributed by atoms with Gasteiger partial charge in [-0.05, 0) is 83.0 Å². The number of rotatable bonds is 8. The van der Waals surface area contributed by atoms with Gasteiger partial charge in [0.1, 0.15) is 5.75 Å². The number of amidine groups is 1. The molecule has 0 saturated carbocycles. The van der Waals surface area contributed by atoms with E-state index in [-0.39, 0.29) is 11.5 Å². The lowest BCUT2D eigenvalue weighted by Crippen LogP contribution is -2.28. The van der Waals surface area contributed by atoms with E-state index in [4.69, 9.17) is 4.74 Å². The molecule has 1 N–H and O–H groups in total. The van der Waals surface area contributed by atoms with Gasteiger partial charge in [-0.3, -0.25) is 9.69 Å². The van der Waals surface area contributed by atoms with E-state index in [1.165, 1.54) is 23.9 Å². The van der Waals surface area contributed by atoms with Gasteiger partial charge in [0, 0.05) is 6.54 Å². The molecule has 6 nitrogen and oxygen atoms in total. The number of amides is 1. The molecule has 1 heterocycles. The summed E-state index contributed by atoms with van der Waals surface area (Å²) in [6, 6.07) is 12.1. The summed E-state index contributed by atoms with van der Waals surface area (Å²) in [5, 5.41) is 9.71. The van der Waals surface area contributed by atoms with E-state index in [0.717, 1.165) is 28.6 Å². The third-order valence-electron chi connectivity index (χ3n) is 4.53. The summed E-state index contributed by atoms with van der Waals surface area (Å²) >= 11 is 4.81. The molecule has 0 atom stereocenters. The zero-order valence-corrected chi connectivity index (χ0v) is 19.7. The first-order valence-corrected chi connectivity index (χ1v) is 11.6. The fraction of sp³-hybridized carbons (Fsp3) is 0.261. The monoisotopic (exact) mass is 502 g/mol. The Kier molecular flexibility index (Phi) is 7.92. The molecule has 162 valence electrons. The van der Waals surface area contributed by atoms with E-state index in [2.05, 4.69) is 27.8 Å². The largest absolute Gasteiger partial charge is 0.492 e. The topological polar surface area (TPSA) is 79.2 Å². The van der Waals surface area contributed by atoms with Crippen LogP contribution in [-0.2, 0) is 4.79 Å². The number of carboxylic acids is 1. The molecule has 3 rings (SSSR count). The molecular weight excluding hydrogens is 480 g/mol. The molecule has 0 unspecified atom stereocenters. The number of aromatic carboxylic acids is 1. The highest BCUT2D eigenvalue weighted by Gasteiger charge is 2.32. The summed E-state index contributed by atoms with van der Waals surface area (Å²) in [6.45, 7) is 5.13. The van der Waals surface area contributed by atoms with Crippen LogP contribution in [-0.4, -0.2) is 40.2 Å². The molecule has 1 aliphatic rings. The molecule has 1 saturated heterocycles. The van der Waals surface area contributed by atoms with Gasteiger partial charge >= 0.3 is 5.97 Å². The lowest BCUT2D eigenvalue weighted by molar-refractivity contribution is -0.122. The Balaban J connectivity index is 1.84. The van der Waals surface area contributed by atoms with Crippen molar-refractivity contribution in [3.05, 3.63) is 63.0 Å². The van der Waals surface area contributed by atoms with Gasteiger partial charge in [0.25, 0.3) is 5.91 Å². The lowest BCUT2D eigenvalue weighted by atomic mass is 10.2. The molecule has 0 spiro atoms. The van der Waals surface area contributed by atoms with Crippen molar-refractivity contribution in [2.75, 3.05) is 13.2 Å². The number of likely N-dealkylation sites (N-methyl/N-ethyl adjacent to an activating group) is 1. The summed E-state index contributed by atoms with van der Waals surface area (Å²) in [6.07, 6.45) is 3.89. The van der Waals surface area contributed by atoms with Gasteiger partial charge in [-0.1, -0.05) is 25.5 Å². The summed E-state index contributed by atoms with van der Waals surface area (Å²) < 4.78 is 6.59. The summed E-state index contributed by atoms with van der Waals surface area (Å²) in [4.78, 5) is 30.7. The quantitative estimate of drug-likeness (QED) is 0.356. The van der Waals surface area contributed by atoms with Gasteiger partial charge in [-0.25, -0.2) is 9.79 Å². The molecule has 1 aliphatic heterocycles. The number of aliphatic imine (C=N–C) groups is 1. The number of carboxylic acid groups (broad SMARTS) is 1. The van der Waals surface area contributed by atoms with Crippen molar-refractivity contribution in [1.29, 1.82) is 0 Å². The van der Waals surface area contributed by atoms with Crippen molar-refractivity contribution in [3.8, 4) is 5.75 Å². The predicted octanol–water partition coefficient (Wildman–Crippen LogP) is 5.95. The van der Waals surface area contributed by atoms with Crippen molar-refractivity contribution in [1.82, 2.24) is 4.90 Å². The first kappa shape index (κ1) is 23.1. The fourth-order valence-electron chi connectivity index (χ4n) is 2.89. The van der Waals surface area contributed by atoms with Gasteiger partial charge in [0.05, 0.1) is 27.2 Å². The van der Waals surface area contributed by atoms with Crippen molar-refractivity contribution in [2.45, 2.75) is 26.7 Å². The van der Waals surface area contributed by atoms with Crippen LogP contribution in [0.2, 0.25) is 0 Å². The van der Waals surface area contributed by atoms with Crippen LogP contribution in [0, 0.1) is 0 Å². The highest BCUT2D eigenvalue weighted by Crippen LogP contribution is 2.35. The van der Waals surface area contributed by atoms with E-state index >= 15 is 0 Å². The van der Waals surface area contributed by atoms with Gasteiger partial charge < -0.3 is 9.84 Å².